The van der Waals surface area contributed by atoms with Crippen molar-refractivity contribution in [3.63, 3.8) is 0 Å². The highest BCUT2D eigenvalue weighted by atomic mass is 35.5. The molecular weight excluding hydrogens is 206 g/mol. The lowest BCUT2D eigenvalue weighted by Crippen LogP contribution is -2.29. The van der Waals surface area contributed by atoms with Crippen molar-refractivity contribution in [2.24, 2.45) is 5.73 Å². The molecule has 2 atom stereocenters. The lowest BCUT2D eigenvalue weighted by molar-refractivity contribution is 0.470. The average molecular weight is 224 g/mol. The van der Waals surface area contributed by atoms with E-state index in [0.29, 0.717) is 0 Å². The molecule has 0 bridgehead atoms. The van der Waals surface area contributed by atoms with Crippen LogP contribution in [0, 0.1) is 0 Å². The van der Waals surface area contributed by atoms with Gasteiger partial charge in [-0.05, 0) is 18.4 Å². The second kappa shape index (κ2) is 4.82. The van der Waals surface area contributed by atoms with E-state index in [1.165, 1.54) is 5.56 Å². The third-order valence-corrected chi connectivity index (χ3v) is 3.14. The molecule has 0 fully saturated rings. The molecule has 2 heteroatoms. The van der Waals surface area contributed by atoms with Gasteiger partial charge in [-0.25, -0.2) is 0 Å². The Hall–Kier alpha value is -0.790. The van der Waals surface area contributed by atoms with E-state index >= 15 is 0 Å². The summed E-state index contributed by atoms with van der Waals surface area (Å²) in [5.74, 6) is 0. The van der Waals surface area contributed by atoms with Gasteiger partial charge < -0.3 is 5.73 Å². The molecule has 0 heterocycles. The van der Waals surface area contributed by atoms with Crippen molar-refractivity contribution in [3.05, 3.63) is 48.0 Å². The zero-order chi connectivity index (χ0) is 10.0. The third-order valence-electron chi connectivity index (χ3n) is 3.14. The Morgan fingerprint density at radius 1 is 1.27 bits per heavy atom. The van der Waals surface area contributed by atoms with Gasteiger partial charge in [0.05, 0.1) is 0 Å². The van der Waals surface area contributed by atoms with Crippen molar-refractivity contribution in [1.82, 2.24) is 0 Å². The number of nitrogens with two attached hydrogens (primary N) is 1. The average Bonchev–Trinajstić information content (AvgIpc) is 2.24. The Kier molecular flexibility index (Phi) is 3.95. The first-order valence-electron chi connectivity index (χ1n) is 5.21. The van der Waals surface area contributed by atoms with Crippen LogP contribution in [0.1, 0.15) is 25.3 Å². The highest BCUT2D eigenvalue weighted by Gasteiger charge is 2.26. The molecule has 0 saturated heterocycles. The first-order valence-corrected chi connectivity index (χ1v) is 5.21. The molecule has 0 spiro atoms. The molecule has 82 valence electrons. The molecule has 1 aliphatic carbocycles. The molecule has 0 radical (unpaired) electrons. The molecule has 0 aliphatic heterocycles. The van der Waals surface area contributed by atoms with Gasteiger partial charge in [0.15, 0.2) is 0 Å². The van der Waals surface area contributed by atoms with E-state index in [-0.39, 0.29) is 23.9 Å². The Labute approximate surface area is 97.8 Å². The van der Waals surface area contributed by atoms with Gasteiger partial charge in [-0.2, -0.15) is 0 Å². The molecule has 2 N–H and O–H groups in total. The van der Waals surface area contributed by atoms with Crippen molar-refractivity contribution in [2.45, 2.75) is 31.2 Å². The van der Waals surface area contributed by atoms with E-state index in [1.54, 1.807) is 0 Å². The quantitative estimate of drug-likeness (QED) is 0.728. The van der Waals surface area contributed by atoms with Crippen LogP contribution in [0.3, 0.4) is 0 Å². The van der Waals surface area contributed by atoms with Crippen molar-refractivity contribution in [1.29, 1.82) is 0 Å². The predicted molar refractivity (Wildman–Crippen MR) is 67.4 cm³/mol. The summed E-state index contributed by atoms with van der Waals surface area (Å²) < 4.78 is 0. The second-order valence-electron chi connectivity index (χ2n) is 4.35. The molecular formula is C13H18ClN. The van der Waals surface area contributed by atoms with Crippen LogP contribution in [0.5, 0.6) is 0 Å². The fraction of sp³-hybridized carbons (Fsp3) is 0.385. The third kappa shape index (κ3) is 2.61. The van der Waals surface area contributed by atoms with Gasteiger partial charge in [-0.15, -0.1) is 12.4 Å². The predicted octanol–water partition coefficient (Wildman–Crippen LogP) is 3.04. The van der Waals surface area contributed by atoms with Gasteiger partial charge >= 0.3 is 0 Å². The number of halogens is 1. The number of benzene rings is 1. The Balaban J connectivity index is 0.00000112. The maximum atomic E-state index is 5.85. The highest BCUT2D eigenvalue weighted by molar-refractivity contribution is 5.85. The largest absolute Gasteiger partial charge is 0.324 e. The summed E-state index contributed by atoms with van der Waals surface area (Å²) in [6.45, 7) is 2.28. The van der Waals surface area contributed by atoms with Crippen molar-refractivity contribution in [2.75, 3.05) is 0 Å². The fourth-order valence-corrected chi connectivity index (χ4v) is 2.04. The van der Waals surface area contributed by atoms with E-state index in [2.05, 4.69) is 49.4 Å². The van der Waals surface area contributed by atoms with Gasteiger partial charge in [-0.3, -0.25) is 0 Å². The maximum Gasteiger partial charge on any atom is 0.0224 e. The van der Waals surface area contributed by atoms with Crippen molar-refractivity contribution in [3.8, 4) is 0 Å². The molecule has 2 unspecified atom stereocenters. The molecule has 1 aromatic rings. The van der Waals surface area contributed by atoms with Crippen LogP contribution in [-0.2, 0) is 5.41 Å². The van der Waals surface area contributed by atoms with Gasteiger partial charge in [0.1, 0.15) is 0 Å². The van der Waals surface area contributed by atoms with Gasteiger partial charge in [-0.1, -0.05) is 49.4 Å². The summed E-state index contributed by atoms with van der Waals surface area (Å²) in [6, 6.07) is 10.9. The molecule has 1 nitrogen and oxygen atoms in total. The van der Waals surface area contributed by atoms with E-state index < -0.39 is 0 Å². The first kappa shape index (κ1) is 12.3. The fourth-order valence-electron chi connectivity index (χ4n) is 2.04. The monoisotopic (exact) mass is 223 g/mol. The van der Waals surface area contributed by atoms with Gasteiger partial charge in [0.25, 0.3) is 0 Å². The smallest absolute Gasteiger partial charge is 0.0224 e. The molecule has 0 saturated carbocycles. The minimum absolute atomic E-state index is 0. The molecule has 1 aromatic carbocycles. The summed E-state index contributed by atoms with van der Waals surface area (Å²) in [5.41, 5.74) is 7.43. The molecule has 1 aliphatic rings. The standard InChI is InChI=1S/C13H17N.ClH/c1-13(9-7-12(14)8-10-13)11-5-3-2-4-6-11;/h2-7,9,12H,8,10,14H2,1H3;1H. The first-order chi connectivity index (χ1) is 6.71. The zero-order valence-corrected chi connectivity index (χ0v) is 9.84. The van der Waals surface area contributed by atoms with Crippen molar-refractivity contribution < 1.29 is 0 Å². The van der Waals surface area contributed by atoms with Gasteiger partial charge in [0.2, 0.25) is 0 Å². The van der Waals surface area contributed by atoms with Crippen LogP contribution in [0.2, 0.25) is 0 Å². The second-order valence-corrected chi connectivity index (χ2v) is 4.35. The summed E-state index contributed by atoms with van der Waals surface area (Å²) in [6.07, 6.45) is 6.63. The SMILES string of the molecule is CC1(c2ccccc2)C=CC(N)CC1.Cl. The lowest BCUT2D eigenvalue weighted by Gasteiger charge is -2.31. The maximum absolute atomic E-state index is 5.85. The number of allylic oxidation sites excluding steroid dienone is 1. The lowest BCUT2D eigenvalue weighted by atomic mass is 9.74. The Morgan fingerprint density at radius 2 is 1.93 bits per heavy atom. The van der Waals surface area contributed by atoms with E-state index in [0.717, 1.165) is 12.8 Å². The van der Waals surface area contributed by atoms with Gasteiger partial charge in [0, 0.05) is 11.5 Å². The van der Waals surface area contributed by atoms with Crippen LogP contribution in [0.15, 0.2) is 42.5 Å². The molecule has 2 rings (SSSR count). The van der Waals surface area contributed by atoms with E-state index in [9.17, 15) is 0 Å². The molecule has 0 aromatic heterocycles. The highest BCUT2D eigenvalue weighted by Crippen LogP contribution is 2.33. The van der Waals surface area contributed by atoms with Crippen LogP contribution in [-0.4, -0.2) is 6.04 Å². The normalized spacial score (nSPS) is 29.6. The summed E-state index contributed by atoms with van der Waals surface area (Å²) in [7, 11) is 0. The molecule has 15 heavy (non-hydrogen) atoms. The number of rotatable bonds is 1. The summed E-state index contributed by atoms with van der Waals surface area (Å²) in [4.78, 5) is 0. The van der Waals surface area contributed by atoms with E-state index in [4.69, 9.17) is 5.73 Å². The molecule has 0 amide bonds. The van der Waals surface area contributed by atoms with Crippen LogP contribution in [0.4, 0.5) is 0 Å². The van der Waals surface area contributed by atoms with Crippen molar-refractivity contribution >= 4 is 12.4 Å². The van der Waals surface area contributed by atoms with Crippen LogP contribution >= 0.6 is 12.4 Å². The Morgan fingerprint density at radius 3 is 2.47 bits per heavy atom. The number of hydrogen-bond acceptors (Lipinski definition) is 1. The number of hydrogen-bond donors (Lipinski definition) is 1. The minimum atomic E-state index is 0. The Bertz CT molecular complexity index is 334. The summed E-state index contributed by atoms with van der Waals surface area (Å²) >= 11 is 0. The van der Waals surface area contributed by atoms with E-state index in [1.807, 2.05) is 0 Å². The topological polar surface area (TPSA) is 26.0 Å². The zero-order valence-electron chi connectivity index (χ0n) is 9.02. The van der Waals surface area contributed by atoms with Crippen LogP contribution in [0.25, 0.3) is 0 Å². The summed E-state index contributed by atoms with van der Waals surface area (Å²) in [5, 5.41) is 0. The minimum Gasteiger partial charge on any atom is -0.324 e. The van der Waals surface area contributed by atoms with Crippen LogP contribution < -0.4 is 5.73 Å².